The van der Waals surface area contributed by atoms with Crippen molar-refractivity contribution in [2.45, 2.75) is 0 Å². The average Bonchev–Trinajstić information content (AvgIpc) is 2.64. The van der Waals surface area contributed by atoms with E-state index in [9.17, 15) is 18.8 Å². The molecule has 1 aromatic heterocycles. The number of carbonyl (C=O) groups excluding carboxylic acids is 2. The summed E-state index contributed by atoms with van der Waals surface area (Å²) in [5.41, 5.74) is 4.41. The summed E-state index contributed by atoms with van der Waals surface area (Å²) in [5.74, 6) is -1.34. The number of hydrogen-bond donors (Lipinski definition) is 2. The molecule has 132 valence electrons. The van der Waals surface area contributed by atoms with Crippen LogP contribution >= 0.6 is 0 Å². The van der Waals surface area contributed by atoms with Gasteiger partial charge in [-0.2, -0.15) is 0 Å². The number of benzene rings is 2. The molecule has 3 aromatic rings. The third kappa shape index (κ3) is 4.23. The normalized spacial score (nSPS) is 10.3. The van der Waals surface area contributed by atoms with Crippen LogP contribution in [0.15, 0.2) is 63.8 Å². The second kappa shape index (κ2) is 7.47. The summed E-state index contributed by atoms with van der Waals surface area (Å²) in [7, 11) is 0. The monoisotopic (exact) mass is 356 g/mol. The first-order chi connectivity index (χ1) is 12.5. The molecule has 0 radical (unpaired) electrons. The molecule has 2 N–H and O–H groups in total. The van der Waals surface area contributed by atoms with Gasteiger partial charge in [0.05, 0.1) is 0 Å². The summed E-state index contributed by atoms with van der Waals surface area (Å²) in [6.07, 6.45) is 0. The quantitative estimate of drug-likeness (QED) is 0.548. The zero-order valence-corrected chi connectivity index (χ0v) is 13.3. The molecule has 8 heteroatoms. The lowest BCUT2D eigenvalue weighted by Gasteiger charge is -2.09. The highest BCUT2D eigenvalue weighted by atomic mass is 19.1. The average molecular weight is 356 g/mol. The molecule has 0 atom stereocenters. The first-order valence-corrected chi connectivity index (χ1v) is 7.53. The van der Waals surface area contributed by atoms with Crippen LogP contribution in [-0.2, 0) is 4.79 Å². The van der Waals surface area contributed by atoms with Crippen LogP contribution < -0.4 is 21.2 Å². The molecule has 0 bridgehead atoms. The van der Waals surface area contributed by atoms with Crippen molar-refractivity contribution >= 4 is 22.8 Å². The Labute approximate surface area is 146 Å². The van der Waals surface area contributed by atoms with E-state index in [1.165, 1.54) is 24.3 Å². The van der Waals surface area contributed by atoms with E-state index in [0.29, 0.717) is 16.7 Å². The molecule has 0 fully saturated rings. The number of rotatable bonds is 4. The maximum atomic E-state index is 12.8. The number of nitrogens with one attached hydrogen (secondary N) is 2. The van der Waals surface area contributed by atoms with Crippen molar-refractivity contribution in [3.8, 4) is 5.75 Å². The minimum atomic E-state index is -0.602. The Morgan fingerprint density at radius 3 is 2.50 bits per heavy atom. The van der Waals surface area contributed by atoms with Crippen LogP contribution in [0.1, 0.15) is 10.4 Å². The Morgan fingerprint density at radius 1 is 1.00 bits per heavy atom. The molecule has 26 heavy (non-hydrogen) atoms. The smallest absolute Gasteiger partial charge is 0.336 e. The summed E-state index contributed by atoms with van der Waals surface area (Å²) in [6, 6.07) is 12.6. The highest BCUT2D eigenvalue weighted by molar-refractivity contribution is 5.95. The van der Waals surface area contributed by atoms with Gasteiger partial charge in [0, 0.05) is 23.1 Å². The number of hydrogen-bond acceptors (Lipinski definition) is 5. The van der Waals surface area contributed by atoms with Gasteiger partial charge < -0.3 is 9.15 Å². The van der Waals surface area contributed by atoms with Gasteiger partial charge in [-0.15, -0.1) is 0 Å². The van der Waals surface area contributed by atoms with Crippen molar-refractivity contribution in [2.24, 2.45) is 0 Å². The molecule has 7 nitrogen and oxygen atoms in total. The maximum absolute atomic E-state index is 12.8. The van der Waals surface area contributed by atoms with Gasteiger partial charge in [0.25, 0.3) is 11.8 Å². The van der Waals surface area contributed by atoms with E-state index in [4.69, 9.17) is 9.15 Å². The van der Waals surface area contributed by atoms with Crippen molar-refractivity contribution in [1.29, 1.82) is 0 Å². The fraction of sp³-hybridized carbons (Fsp3) is 0.0556. The van der Waals surface area contributed by atoms with Crippen molar-refractivity contribution in [1.82, 2.24) is 10.9 Å². The molecule has 2 aromatic carbocycles. The van der Waals surface area contributed by atoms with Gasteiger partial charge in [0.1, 0.15) is 17.1 Å². The fourth-order valence-electron chi connectivity index (χ4n) is 2.12. The Hall–Kier alpha value is -3.68. The predicted molar refractivity (Wildman–Crippen MR) is 90.0 cm³/mol. The highest BCUT2D eigenvalue weighted by Crippen LogP contribution is 2.19. The van der Waals surface area contributed by atoms with Gasteiger partial charge in [-0.1, -0.05) is 0 Å². The first kappa shape index (κ1) is 17.2. The summed E-state index contributed by atoms with van der Waals surface area (Å²) in [6.45, 7) is -0.369. The van der Waals surface area contributed by atoms with Crippen molar-refractivity contribution in [2.75, 3.05) is 6.61 Å². The fourth-order valence-corrected chi connectivity index (χ4v) is 2.12. The van der Waals surface area contributed by atoms with Crippen LogP contribution in [0.25, 0.3) is 11.0 Å². The maximum Gasteiger partial charge on any atom is 0.336 e. The molecule has 3 rings (SSSR count). The minimum Gasteiger partial charge on any atom is -0.484 e. The van der Waals surface area contributed by atoms with Gasteiger partial charge in [-0.25, -0.2) is 9.18 Å². The van der Waals surface area contributed by atoms with Crippen molar-refractivity contribution in [3.63, 3.8) is 0 Å². The standard InChI is InChI=1S/C18H13FN2O5/c19-13-5-1-12(2-6-13)18(24)21-20-16(22)10-25-14-7-3-11-4-8-17(23)26-15(11)9-14/h1-9H,10H2,(H,20,22)(H,21,24). The van der Waals surface area contributed by atoms with E-state index in [1.807, 2.05) is 0 Å². The predicted octanol–water partition coefficient (Wildman–Crippen LogP) is 1.77. The number of ether oxygens (including phenoxy) is 1. The largest absolute Gasteiger partial charge is 0.484 e. The lowest BCUT2D eigenvalue weighted by molar-refractivity contribution is -0.123. The van der Waals surface area contributed by atoms with Crippen LogP contribution in [0, 0.1) is 5.82 Å². The Morgan fingerprint density at radius 2 is 1.73 bits per heavy atom. The molecule has 0 aliphatic heterocycles. The molecule has 0 saturated carbocycles. The summed E-state index contributed by atoms with van der Waals surface area (Å²) < 4.78 is 23.1. The van der Waals surface area contributed by atoms with Crippen molar-refractivity contribution < 1.29 is 23.1 Å². The lowest BCUT2D eigenvalue weighted by atomic mass is 10.2. The van der Waals surface area contributed by atoms with Crippen molar-refractivity contribution in [3.05, 3.63) is 76.4 Å². The molecule has 0 spiro atoms. The van der Waals surface area contributed by atoms with Gasteiger partial charge in [0.2, 0.25) is 0 Å². The first-order valence-electron chi connectivity index (χ1n) is 7.53. The molecular formula is C18H13FN2O5. The number of carbonyl (C=O) groups is 2. The lowest BCUT2D eigenvalue weighted by Crippen LogP contribution is -2.43. The van der Waals surface area contributed by atoms with Crippen LogP contribution in [0.3, 0.4) is 0 Å². The highest BCUT2D eigenvalue weighted by Gasteiger charge is 2.08. The Balaban J connectivity index is 1.53. The Kier molecular flexibility index (Phi) is 4.93. The van der Waals surface area contributed by atoms with E-state index < -0.39 is 23.3 Å². The van der Waals surface area contributed by atoms with E-state index >= 15 is 0 Å². The number of hydrazine groups is 1. The second-order valence-electron chi connectivity index (χ2n) is 5.25. The van der Waals surface area contributed by atoms with Gasteiger partial charge >= 0.3 is 5.63 Å². The molecule has 1 heterocycles. The van der Waals surface area contributed by atoms with E-state index in [0.717, 1.165) is 12.1 Å². The van der Waals surface area contributed by atoms with E-state index in [-0.39, 0.29) is 12.2 Å². The second-order valence-corrected chi connectivity index (χ2v) is 5.25. The Bertz CT molecular complexity index is 1010. The molecular weight excluding hydrogens is 343 g/mol. The van der Waals surface area contributed by atoms with Crippen LogP contribution in [0.2, 0.25) is 0 Å². The zero-order chi connectivity index (χ0) is 18.5. The molecule has 0 saturated heterocycles. The summed E-state index contributed by atoms with van der Waals surface area (Å²) >= 11 is 0. The van der Waals surface area contributed by atoms with Gasteiger partial charge in [0.15, 0.2) is 6.61 Å². The SMILES string of the molecule is O=C(COc1ccc2ccc(=O)oc2c1)NNC(=O)c1ccc(F)cc1. The number of halogens is 1. The van der Waals surface area contributed by atoms with Crippen LogP contribution in [-0.4, -0.2) is 18.4 Å². The van der Waals surface area contributed by atoms with Crippen LogP contribution in [0.4, 0.5) is 4.39 Å². The molecule has 0 aliphatic carbocycles. The third-order valence-corrected chi connectivity index (χ3v) is 3.39. The van der Waals surface area contributed by atoms with Gasteiger partial charge in [-0.05, 0) is 42.5 Å². The van der Waals surface area contributed by atoms with Gasteiger partial charge in [-0.3, -0.25) is 20.4 Å². The van der Waals surface area contributed by atoms with E-state index in [2.05, 4.69) is 10.9 Å². The zero-order valence-electron chi connectivity index (χ0n) is 13.3. The summed E-state index contributed by atoms with van der Waals surface area (Å²) in [4.78, 5) is 34.7. The summed E-state index contributed by atoms with van der Waals surface area (Å²) in [5, 5.41) is 0.716. The van der Waals surface area contributed by atoms with Crippen LogP contribution in [0.5, 0.6) is 5.75 Å². The molecule has 2 amide bonds. The molecule has 0 unspecified atom stereocenters. The van der Waals surface area contributed by atoms with E-state index in [1.54, 1.807) is 18.2 Å². The number of fused-ring (bicyclic) bond motifs is 1. The third-order valence-electron chi connectivity index (χ3n) is 3.39. The topological polar surface area (TPSA) is 97.6 Å². The number of amides is 2. The minimum absolute atomic E-state index is 0.192. The molecule has 0 aliphatic rings.